The number of hydrogen-bond donors (Lipinski definition) is 6. The number of nitrogens with one attached hydrogen (secondary N) is 5. The van der Waals surface area contributed by atoms with E-state index in [9.17, 15) is 43.5 Å². The van der Waals surface area contributed by atoms with Crippen molar-refractivity contribution in [3.63, 3.8) is 0 Å². The fraction of sp³-hybridized carbons (Fsp3) is 0.805. The minimum atomic E-state index is -1.49. The van der Waals surface area contributed by atoms with Gasteiger partial charge in [-0.05, 0) is 62.2 Å². The number of amides is 8. The first kappa shape index (κ1) is 49.9. The number of likely N-dealkylation sites (N-methyl/N-ethyl adjacent to an activating group) is 1. The van der Waals surface area contributed by atoms with Crippen LogP contribution in [0.25, 0.3) is 0 Å². The molecular weight excluding hydrogens is 748 g/mol. The van der Waals surface area contributed by atoms with Gasteiger partial charge >= 0.3 is 0 Å². The van der Waals surface area contributed by atoms with Gasteiger partial charge in [-0.3, -0.25) is 38.4 Å². The molecule has 0 aromatic carbocycles. The van der Waals surface area contributed by atoms with Crippen LogP contribution in [0.5, 0.6) is 0 Å². The molecule has 2 aliphatic rings. The first-order chi connectivity index (χ1) is 27.2. The smallest absolute Gasteiger partial charge is 0.246 e. The molecule has 6 N–H and O–H groups in total. The van der Waals surface area contributed by atoms with Gasteiger partial charge in [0, 0.05) is 34.1 Å². The zero-order valence-corrected chi connectivity index (χ0v) is 36.7. The molecule has 2 heterocycles. The number of aliphatic hydroxyl groups excluding tert-OH is 1. The van der Waals surface area contributed by atoms with Crippen LogP contribution >= 0.6 is 0 Å². The normalized spacial score (nSPS) is 20.3. The van der Waals surface area contributed by atoms with Gasteiger partial charge in [-0.2, -0.15) is 0 Å². The number of hydrogen-bond acceptors (Lipinski definition) is 9. The predicted octanol–water partition coefficient (Wildman–Crippen LogP) is 0.677. The summed E-state index contributed by atoms with van der Waals surface area (Å²) in [5, 5.41) is 24.0. The maximum absolute atomic E-state index is 14.2. The molecule has 8 amide bonds. The molecule has 2 aliphatic heterocycles. The molecule has 0 spiro atoms. The number of aliphatic hydroxyl groups is 1. The Bertz CT molecular complexity index is 1460. The van der Waals surface area contributed by atoms with Gasteiger partial charge in [-0.25, -0.2) is 0 Å². The maximum atomic E-state index is 14.2. The Hall–Kier alpha value is -4.28. The van der Waals surface area contributed by atoms with Gasteiger partial charge in [0.05, 0.1) is 6.61 Å². The molecule has 9 atom stereocenters. The van der Waals surface area contributed by atoms with Crippen molar-refractivity contribution < 1.29 is 43.5 Å². The first-order valence-electron chi connectivity index (χ1n) is 21.1. The third kappa shape index (κ3) is 13.9. The Kier molecular flexibility index (Phi) is 20.1. The van der Waals surface area contributed by atoms with Gasteiger partial charge in [-0.1, -0.05) is 68.2 Å². The summed E-state index contributed by atoms with van der Waals surface area (Å²) < 4.78 is 0. The highest BCUT2D eigenvalue weighted by Crippen LogP contribution is 2.24. The van der Waals surface area contributed by atoms with Crippen molar-refractivity contribution in [3.05, 3.63) is 0 Å². The quantitative estimate of drug-likeness (QED) is 0.0956. The molecule has 0 radical (unpaired) electrons. The van der Waals surface area contributed by atoms with Gasteiger partial charge in [0.25, 0.3) is 0 Å². The number of carbonyl (C=O) groups is 8. The summed E-state index contributed by atoms with van der Waals surface area (Å²) in [7, 11) is 3.23. The van der Waals surface area contributed by atoms with Crippen LogP contribution in [0.4, 0.5) is 0 Å². The van der Waals surface area contributed by atoms with Crippen molar-refractivity contribution in [3.8, 4) is 0 Å². The van der Waals surface area contributed by atoms with E-state index in [4.69, 9.17) is 0 Å². The molecule has 0 unspecified atom stereocenters. The number of likely N-dealkylation sites (tertiary alicyclic amines) is 2. The molecule has 2 saturated heterocycles. The lowest BCUT2D eigenvalue weighted by Crippen LogP contribution is -2.62. The fourth-order valence-corrected chi connectivity index (χ4v) is 7.54. The third-order valence-corrected chi connectivity index (χ3v) is 11.2. The van der Waals surface area contributed by atoms with E-state index in [0.29, 0.717) is 57.9 Å². The van der Waals surface area contributed by atoms with Crippen molar-refractivity contribution in [2.24, 2.45) is 23.7 Å². The Balaban J connectivity index is 2.24. The van der Waals surface area contributed by atoms with E-state index in [1.165, 1.54) is 21.6 Å². The van der Waals surface area contributed by atoms with E-state index in [1.54, 1.807) is 27.9 Å². The summed E-state index contributed by atoms with van der Waals surface area (Å²) in [6, 6.07) is -7.01. The highest BCUT2D eigenvalue weighted by molar-refractivity contribution is 5.98. The van der Waals surface area contributed by atoms with E-state index in [-0.39, 0.29) is 36.1 Å². The van der Waals surface area contributed by atoms with Gasteiger partial charge in [0.1, 0.15) is 42.3 Å². The number of rotatable bonds is 21. The van der Waals surface area contributed by atoms with Crippen LogP contribution in [-0.4, -0.2) is 143 Å². The standard InChI is InChI=1S/C41H72N8O9/c1-12-25(7)33(45-37(54)32-17-14-18-48(32)40(57)29(21-24(5)6)42-27(9)51)38(55)44-30(22-50)35(52)46-34(26(8)13-2)41(58)49-19-15-16-31(49)36(53)43-28(20-23(3)4)39(56)47(10)11/h23-26,28-34,50H,12-22H2,1-11H3,(H,42,51)(H,43,53)(H,44,55)(H,45,54)(H,46,52)/t25-,26-,28-,29-,30-,31-,32-,33-,34-/m0/s1. The SMILES string of the molecule is CC[C@H](C)[C@H](NC(=O)[C@@H]1CCCN1C(=O)[C@H](CC(C)C)NC(C)=O)C(=O)N[C@@H](CO)C(=O)N[C@H](C(=O)N1CCC[C@H]1C(=O)N[C@@H](CC(C)C)C(=O)N(C)C)[C@@H](C)CC. The van der Waals surface area contributed by atoms with Crippen LogP contribution in [-0.2, 0) is 38.4 Å². The molecular formula is C41H72N8O9. The molecule has 0 bridgehead atoms. The molecule has 0 aromatic rings. The average molecular weight is 821 g/mol. The van der Waals surface area contributed by atoms with E-state index in [2.05, 4.69) is 26.6 Å². The van der Waals surface area contributed by atoms with Crippen molar-refractivity contribution in [2.45, 2.75) is 156 Å². The molecule has 330 valence electrons. The minimum Gasteiger partial charge on any atom is -0.394 e. The summed E-state index contributed by atoms with van der Waals surface area (Å²) in [6.45, 7) is 16.1. The second-order valence-corrected chi connectivity index (χ2v) is 17.2. The Morgan fingerprint density at radius 1 is 0.621 bits per heavy atom. The van der Waals surface area contributed by atoms with Gasteiger partial charge in [0.2, 0.25) is 47.3 Å². The van der Waals surface area contributed by atoms with Crippen LogP contribution < -0.4 is 26.6 Å². The Morgan fingerprint density at radius 3 is 1.57 bits per heavy atom. The minimum absolute atomic E-state index is 0.0988. The monoisotopic (exact) mass is 821 g/mol. The van der Waals surface area contributed by atoms with Crippen molar-refractivity contribution in [1.29, 1.82) is 0 Å². The van der Waals surface area contributed by atoms with E-state index < -0.39 is 90.3 Å². The Labute approximate surface area is 344 Å². The lowest BCUT2D eigenvalue weighted by atomic mass is 9.96. The summed E-state index contributed by atoms with van der Waals surface area (Å²) in [5.41, 5.74) is 0. The van der Waals surface area contributed by atoms with Crippen LogP contribution in [0.1, 0.15) is 114 Å². The predicted molar refractivity (Wildman–Crippen MR) is 218 cm³/mol. The molecule has 2 fully saturated rings. The van der Waals surface area contributed by atoms with Crippen molar-refractivity contribution in [1.82, 2.24) is 41.3 Å². The maximum Gasteiger partial charge on any atom is 0.246 e. The molecule has 0 aliphatic carbocycles. The molecule has 2 rings (SSSR count). The summed E-state index contributed by atoms with van der Waals surface area (Å²) in [5.74, 6) is -4.60. The average Bonchev–Trinajstić information content (AvgIpc) is 3.86. The summed E-state index contributed by atoms with van der Waals surface area (Å²) in [4.78, 5) is 112. The van der Waals surface area contributed by atoms with Crippen LogP contribution in [0.3, 0.4) is 0 Å². The highest BCUT2D eigenvalue weighted by Gasteiger charge is 2.42. The molecule has 17 heteroatoms. The van der Waals surface area contributed by atoms with E-state index in [1.807, 2.05) is 41.5 Å². The lowest BCUT2D eigenvalue weighted by Gasteiger charge is -2.33. The lowest BCUT2D eigenvalue weighted by molar-refractivity contribution is -0.144. The van der Waals surface area contributed by atoms with Crippen LogP contribution in [0.15, 0.2) is 0 Å². The first-order valence-corrected chi connectivity index (χ1v) is 21.1. The van der Waals surface area contributed by atoms with Crippen LogP contribution in [0.2, 0.25) is 0 Å². The topological polar surface area (TPSA) is 227 Å². The second kappa shape index (κ2) is 23.3. The number of nitrogens with zero attached hydrogens (tertiary/aromatic N) is 3. The number of carbonyl (C=O) groups excluding carboxylic acids is 8. The largest absolute Gasteiger partial charge is 0.394 e. The molecule has 17 nitrogen and oxygen atoms in total. The van der Waals surface area contributed by atoms with E-state index >= 15 is 0 Å². The zero-order valence-electron chi connectivity index (χ0n) is 36.7. The zero-order chi connectivity index (χ0) is 44.0. The molecule has 0 aromatic heterocycles. The van der Waals surface area contributed by atoms with Gasteiger partial charge in [-0.15, -0.1) is 0 Å². The fourth-order valence-electron chi connectivity index (χ4n) is 7.54. The molecule has 0 saturated carbocycles. The molecule has 58 heavy (non-hydrogen) atoms. The van der Waals surface area contributed by atoms with Crippen molar-refractivity contribution >= 4 is 47.3 Å². The van der Waals surface area contributed by atoms with Gasteiger partial charge in [0.15, 0.2) is 0 Å². The third-order valence-electron chi connectivity index (χ3n) is 11.2. The van der Waals surface area contributed by atoms with E-state index in [0.717, 1.165) is 0 Å². The second-order valence-electron chi connectivity index (χ2n) is 17.2. The van der Waals surface area contributed by atoms with Gasteiger partial charge < -0.3 is 46.4 Å². The van der Waals surface area contributed by atoms with Crippen LogP contribution in [0, 0.1) is 23.7 Å². The summed E-state index contributed by atoms with van der Waals surface area (Å²) in [6.07, 6.45) is 3.60. The highest BCUT2D eigenvalue weighted by atomic mass is 16.3. The van der Waals surface area contributed by atoms with Crippen molar-refractivity contribution in [2.75, 3.05) is 33.8 Å². The Morgan fingerprint density at radius 2 is 1.10 bits per heavy atom. The summed E-state index contributed by atoms with van der Waals surface area (Å²) >= 11 is 0.